The average Bonchev–Trinajstić information content (AvgIpc) is 2.03. The van der Waals surface area contributed by atoms with Crippen LogP contribution in [0.2, 0.25) is 0 Å². The lowest BCUT2D eigenvalue weighted by Gasteiger charge is -2.33. The van der Waals surface area contributed by atoms with Crippen LogP contribution >= 0.6 is 0 Å². The molecule has 0 aliphatic carbocycles. The minimum atomic E-state index is -0.131. The van der Waals surface area contributed by atoms with E-state index in [-0.39, 0.29) is 5.41 Å². The van der Waals surface area contributed by atoms with Gasteiger partial charge < -0.3 is 9.47 Å². The van der Waals surface area contributed by atoms with Crippen LogP contribution in [0.1, 0.15) is 32.6 Å². The fraction of sp³-hybridized carbons (Fsp3) is 1.00. The summed E-state index contributed by atoms with van der Waals surface area (Å²) < 4.78 is 11.3. The van der Waals surface area contributed by atoms with Gasteiger partial charge in [-0.25, -0.2) is 0 Å². The van der Waals surface area contributed by atoms with E-state index in [0.29, 0.717) is 0 Å². The van der Waals surface area contributed by atoms with Crippen LogP contribution < -0.4 is 0 Å². The van der Waals surface area contributed by atoms with E-state index in [1.807, 2.05) is 0 Å². The maximum absolute atomic E-state index is 5.66. The predicted octanol–water partition coefficient (Wildman–Crippen LogP) is 0.633. The Morgan fingerprint density at radius 2 is 2.36 bits per heavy atom. The molecule has 3 heteroatoms. The van der Waals surface area contributed by atoms with Gasteiger partial charge in [-0.15, -0.1) is 0 Å². The van der Waals surface area contributed by atoms with Crippen molar-refractivity contribution in [1.29, 1.82) is 0 Å². The van der Waals surface area contributed by atoms with Crippen LogP contribution in [-0.4, -0.2) is 28.9 Å². The lowest BCUT2D eigenvalue weighted by atomic mass is 10.2. The van der Waals surface area contributed by atoms with Crippen LogP contribution in [0, 0.1) is 0 Å². The minimum absolute atomic E-state index is 0.131. The molecule has 1 saturated heterocycles. The van der Waals surface area contributed by atoms with Gasteiger partial charge in [0.15, 0.2) is 0 Å². The Morgan fingerprint density at radius 3 is 2.91 bits per heavy atom. The normalized spacial score (nSPS) is 32.5. The molecule has 0 aromatic heterocycles. The predicted molar refractivity (Wildman–Crippen MR) is 48.7 cm³/mol. The van der Waals surface area contributed by atoms with E-state index < -0.39 is 0 Å². The van der Waals surface area contributed by atoms with Gasteiger partial charge in [0.05, 0.1) is 10.2 Å². The second-order valence-corrected chi connectivity index (χ2v) is 4.81. The van der Waals surface area contributed by atoms with Crippen molar-refractivity contribution >= 4 is 10.2 Å². The lowest BCUT2D eigenvalue weighted by Crippen LogP contribution is -2.39. The van der Waals surface area contributed by atoms with Gasteiger partial charge in [0.25, 0.3) is 0 Å². The summed E-state index contributed by atoms with van der Waals surface area (Å²) in [6.07, 6.45) is 4.68. The lowest BCUT2D eigenvalue weighted by molar-refractivity contribution is -0.197. The first kappa shape index (κ1) is 9.23. The van der Waals surface area contributed by atoms with Gasteiger partial charge in [0, 0.05) is 13.2 Å². The minimum Gasteiger partial charge on any atom is -0.355 e. The zero-order chi connectivity index (χ0) is 8.16. The fourth-order valence-corrected chi connectivity index (χ4v) is 2.10. The molecule has 1 fully saturated rings. The van der Waals surface area contributed by atoms with Crippen LogP contribution in [0.5, 0.6) is 0 Å². The molecular weight excluding hydrogens is 156 g/mol. The molecular formula is C8H18O2Si. The van der Waals surface area contributed by atoms with Crippen molar-refractivity contribution in [3.63, 3.8) is 0 Å². The third-order valence-corrected chi connectivity index (χ3v) is 3.12. The largest absolute Gasteiger partial charge is 0.355 e. The first-order valence-corrected chi connectivity index (χ1v) is 5.55. The average molecular weight is 174 g/mol. The van der Waals surface area contributed by atoms with Gasteiger partial charge in [0.1, 0.15) is 5.41 Å². The number of ether oxygens (including phenoxy) is 2. The Hall–Kier alpha value is 0.137. The molecule has 1 heterocycles. The number of hydrogen-bond acceptors (Lipinski definition) is 2. The SMILES string of the molecule is CCCOC1([SiH3])CCCCO1. The summed E-state index contributed by atoms with van der Waals surface area (Å²) in [5.74, 6) is 0. The van der Waals surface area contributed by atoms with E-state index in [2.05, 4.69) is 6.92 Å². The van der Waals surface area contributed by atoms with Crippen LogP contribution in [0.4, 0.5) is 0 Å². The summed E-state index contributed by atoms with van der Waals surface area (Å²) >= 11 is 0. The molecule has 0 aromatic carbocycles. The third kappa shape index (κ3) is 2.93. The molecule has 1 unspecified atom stereocenters. The van der Waals surface area contributed by atoms with E-state index in [1.165, 1.54) is 12.8 Å². The molecule has 0 saturated carbocycles. The van der Waals surface area contributed by atoms with E-state index >= 15 is 0 Å². The fourth-order valence-electron chi connectivity index (χ4n) is 1.34. The van der Waals surface area contributed by atoms with E-state index in [0.717, 1.165) is 36.3 Å². The molecule has 0 spiro atoms. The first-order valence-electron chi connectivity index (χ1n) is 4.55. The van der Waals surface area contributed by atoms with Crippen LogP contribution in [0.15, 0.2) is 0 Å². The molecule has 0 N–H and O–H groups in total. The smallest absolute Gasteiger partial charge is 0.141 e. The maximum Gasteiger partial charge on any atom is 0.141 e. The van der Waals surface area contributed by atoms with E-state index in [1.54, 1.807) is 0 Å². The van der Waals surface area contributed by atoms with Crippen LogP contribution in [0.3, 0.4) is 0 Å². The topological polar surface area (TPSA) is 18.5 Å². The van der Waals surface area contributed by atoms with Crippen molar-refractivity contribution in [3.05, 3.63) is 0 Å². The van der Waals surface area contributed by atoms with Gasteiger partial charge in [0.2, 0.25) is 0 Å². The van der Waals surface area contributed by atoms with Gasteiger partial charge in [-0.1, -0.05) is 6.92 Å². The molecule has 1 atom stereocenters. The molecule has 2 nitrogen and oxygen atoms in total. The summed E-state index contributed by atoms with van der Waals surface area (Å²) in [7, 11) is 1.000. The monoisotopic (exact) mass is 174 g/mol. The number of hydrogen-bond donors (Lipinski definition) is 0. The van der Waals surface area contributed by atoms with Gasteiger partial charge in [-0.2, -0.15) is 0 Å². The molecule has 0 aromatic rings. The Labute approximate surface area is 71.7 Å². The number of rotatable bonds is 3. The summed E-state index contributed by atoms with van der Waals surface area (Å²) in [6.45, 7) is 3.88. The Kier molecular flexibility index (Phi) is 3.55. The molecule has 0 radical (unpaired) electrons. The Bertz CT molecular complexity index is 111. The van der Waals surface area contributed by atoms with E-state index in [9.17, 15) is 0 Å². The second kappa shape index (κ2) is 4.23. The Balaban J connectivity index is 2.25. The standard InChI is InChI=1S/C8H18O2Si/c1-2-6-9-8(11)5-3-4-7-10-8/h2-7H2,1,11H3. The van der Waals surface area contributed by atoms with Crippen molar-refractivity contribution in [1.82, 2.24) is 0 Å². The highest BCUT2D eigenvalue weighted by Gasteiger charge is 2.27. The maximum atomic E-state index is 5.66. The third-order valence-electron chi connectivity index (χ3n) is 2.04. The second-order valence-electron chi connectivity index (χ2n) is 3.29. The summed E-state index contributed by atoms with van der Waals surface area (Å²) in [6, 6.07) is 0. The molecule has 1 aliphatic heterocycles. The molecule has 1 rings (SSSR count). The van der Waals surface area contributed by atoms with Crippen molar-refractivity contribution in [2.75, 3.05) is 13.2 Å². The summed E-state index contributed by atoms with van der Waals surface area (Å²) in [5, 5.41) is 0. The molecule has 1 aliphatic rings. The molecule has 11 heavy (non-hydrogen) atoms. The van der Waals surface area contributed by atoms with Crippen molar-refractivity contribution in [2.24, 2.45) is 0 Å². The van der Waals surface area contributed by atoms with Crippen LogP contribution in [0.25, 0.3) is 0 Å². The van der Waals surface area contributed by atoms with Crippen molar-refractivity contribution in [2.45, 2.75) is 38.0 Å². The zero-order valence-corrected chi connectivity index (χ0v) is 9.56. The van der Waals surface area contributed by atoms with Gasteiger partial charge in [-0.05, 0) is 25.7 Å². The van der Waals surface area contributed by atoms with Crippen molar-refractivity contribution < 1.29 is 9.47 Å². The van der Waals surface area contributed by atoms with Crippen LogP contribution in [-0.2, 0) is 9.47 Å². The first-order chi connectivity index (χ1) is 5.27. The molecule has 0 amide bonds. The summed E-state index contributed by atoms with van der Waals surface area (Å²) in [5.41, 5.74) is -0.131. The van der Waals surface area contributed by atoms with Gasteiger partial charge in [-0.3, -0.25) is 0 Å². The van der Waals surface area contributed by atoms with Gasteiger partial charge >= 0.3 is 0 Å². The quantitative estimate of drug-likeness (QED) is 0.584. The highest BCUT2D eigenvalue weighted by atomic mass is 28.1. The molecule has 66 valence electrons. The Morgan fingerprint density at radius 1 is 1.55 bits per heavy atom. The summed E-state index contributed by atoms with van der Waals surface area (Å²) in [4.78, 5) is 0. The highest BCUT2D eigenvalue weighted by Crippen LogP contribution is 2.22. The zero-order valence-electron chi connectivity index (χ0n) is 7.56. The van der Waals surface area contributed by atoms with E-state index in [4.69, 9.17) is 9.47 Å². The van der Waals surface area contributed by atoms with Crippen molar-refractivity contribution in [3.8, 4) is 0 Å². The molecule has 0 bridgehead atoms. The highest BCUT2D eigenvalue weighted by molar-refractivity contribution is 6.13.